The Labute approximate surface area is 167 Å². The van der Waals surface area contributed by atoms with E-state index in [2.05, 4.69) is 27.8 Å². The topological polar surface area (TPSA) is 38.5 Å². The summed E-state index contributed by atoms with van der Waals surface area (Å²) in [5.41, 5.74) is 6.55. The van der Waals surface area contributed by atoms with Crippen LogP contribution in [0.1, 0.15) is 38.5 Å². The smallest absolute Gasteiger partial charge is 0.387 e. The van der Waals surface area contributed by atoms with Crippen LogP contribution in [0, 0.1) is 0 Å². The molecule has 0 fully saturated rings. The summed E-state index contributed by atoms with van der Waals surface area (Å²) >= 11 is 1.53. The van der Waals surface area contributed by atoms with Gasteiger partial charge in [-0.1, -0.05) is 25.0 Å². The lowest BCUT2D eigenvalue weighted by molar-refractivity contribution is -0.0498. The monoisotopic (exact) mass is 405 g/mol. The van der Waals surface area contributed by atoms with Crippen molar-refractivity contribution in [3.8, 4) is 17.0 Å². The maximum atomic E-state index is 12.4. The van der Waals surface area contributed by atoms with Gasteiger partial charge in [0.1, 0.15) is 5.75 Å². The van der Waals surface area contributed by atoms with Crippen molar-refractivity contribution >= 4 is 11.3 Å². The fourth-order valence-electron chi connectivity index (χ4n) is 3.12. The van der Waals surface area contributed by atoms with E-state index in [1.165, 1.54) is 36.3 Å². The Bertz CT molecular complexity index is 869. The zero-order chi connectivity index (χ0) is 19.8. The van der Waals surface area contributed by atoms with E-state index in [1.54, 1.807) is 30.3 Å². The molecular weight excluding hydrogens is 380 g/mol. The van der Waals surface area contributed by atoms with E-state index in [9.17, 15) is 8.78 Å². The van der Waals surface area contributed by atoms with Gasteiger partial charge in [-0.05, 0) is 49.9 Å². The predicted octanol–water partition coefficient (Wildman–Crippen LogP) is 5.69. The number of halogens is 2. The van der Waals surface area contributed by atoms with Crippen molar-refractivity contribution in [2.45, 2.75) is 45.1 Å². The molecule has 0 atom stereocenters. The summed E-state index contributed by atoms with van der Waals surface area (Å²) in [5.74, 6) is 0.146. The summed E-state index contributed by atoms with van der Waals surface area (Å²) in [5, 5.41) is 2.02. The van der Waals surface area contributed by atoms with Crippen LogP contribution in [0.3, 0.4) is 0 Å². The Balaban J connectivity index is 1.92. The van der Waals surface area contributed by atoms with E-state index in [-0.39, 0.29) is 5.75 Å². The Morgan fingerprint density at radius 1 is 1.21 bits per heavy atom. The lowest BCUT2D eigenvalue weighted by Gasteiger charge is -2.17. The van der Waals surface area contributed by atoms with Crippen molar-refractivity contribution in [1.82, 2.24) is 4.68 Å². The number of benzene rings is 1. The SMILES string of the molecule is C=CCN=c1scc(-c2ccc(OC(F)F)cc2)n1N/C1=C/CCCCCC1. The molecule has 4 nitrogen and oxygen atoms in total. The minimum absolute atomic E-state index is 0.146. The van der Waals surface area contributed by atoms with Crippen molar-refractivity contribution in [3.05, 3.63) is 58.9 Å². The third kappa shape index (κ3) is 5.55. The first-order valence-electron chi connectivity index (χ1n) is 9.50. The highest BCUT2D eigenvalue weighted by Crippen LogP contribution is 2.24. The van der Waals surface area contributed by atoms with Crippen LogP contribution in [-0.4, -0.2) is 17.8 Å². The molecule has 0 saturated carbocycles. The number of rotatable bonds is 7. The number of hydrogen-bond donors (Lipinski definition) is 1. The molecular formula is C21H25F2N3OS. The third-order valence-electron chi connectivity index (χ3n) is 4.49. The summed E-state index contributed by atoms with van der Waals surface area (Å²) in [7, 11) is 0. The molecule has 1 aliphatic carbocycles. The fraction of sp³-hybridized carbons (Fsp3) is 0.381. The van der Waals surface area contributed by atoms with Crippen molar-refractivity contribution in [1.29, 1.82) is 0 Å². The molecule has 0 bridgehead atoms. The van der Waals surface area contributed by atoms with E-state index in [0.717, 1.165) is 35.3 Å². The van der Waals surface area contributed by atoms with Crippen LogP contribution in [-0.2, 0) is 0 Å². The molecule has 1 N–H and O–H groups in total. The number of hydrogen-bond acceptors (Lipinski definition) is 4. The van der Waals surface area contributed by atoms with Gasteiger partial charge >= 0.3 is 6.61 Å². The second-order valence-corrected chi connectivity index (χ2v) is 7.40. The van der Waals surface area contributed by atoms with Crippen molar-refractivity contribution in [2.75, 3.05) is 12.0 Å². The zero-order valence-corrected chi connectivity index (χ0v) is 16.6. The zero-order valence-electron chi connectivity index (χ0n) is 15.7. The van der Waals surface area contributed by atoms with E-state index in [4.69, 9.17) is 0 Å². The summed E-state index contributed by atoms with van der Waals surface area (Å²) in [6, 6.07) is 6.67. The van der Waals surface area contributed by atoms with Crippen LogP contribution < -0.4 is 15.0 Å². The lowest BCUT2D eigenvalue weighted by Crippen LogP contribution is -2.26. The highest BCUT2D eigenvalue weighted by Gasteiger charge is 2.11. The van der Waals surface area contributed by atoms with Crippen LogP contribution in [0.4, 0.5) is 8.78 Å². The van der Waals surface area contributed by atoms with Crippen LogP contribution >= 0.6 is 11.3 Å². The summed E-state index contributed by atoms with van der Waals surface area (Å²) in [6.07, 6.45) is 11.0. The maximum Gasteiger partial charge on any atom is 0.387 e. The number of ether oxygens (including phenoxy) is 1. The fourth-order valence-corrected chi connectivity index (χ4v) is 3.97. The van der Waals surface area contributed by atoms with Crippen LogP contribution in [0.25, 0.3) is 11.3 Å². The van der Waals surface area contributed by atoms with E-state index < -0.39 is 6.61 Å². The number of nitrogens with one attached hydrogen (secondary N) is 1. The normalized spacial score (nSPS) is 17.5. The Morgan fingerprint density at radius 2 is 2.00 bits per heavy atom. The van der Waals surface area contributed by atoms with Crippen LogP contribution in [0.15, 0.2) is 59.1 Å². The van der Waals surface area contributed by atoms with Crippen LogP contribution in [0.5, 0.6) is 5.75 Å². The van der Waals surface area contributed by atoms with Gasteiger partial charge in [-0.15, -0.1) is 17.9 Å². The van der Waals surface area contributed by atoms with Gasteiger partial charge in [0, 0.05) is 16.6 Å². The van der Waals surface area contributed by atoms with E-state index in [1.807, 2.05) is 10.1 Å². The minimum Gasteiger partial charge on any atom is -0.435 e. The molecule has 0 aliphatic heterocycles. The van der Waals surface area contributed by atoms with Crippen molar-refractivity contribution in [3.63, 3.8) is 0 Å². The van der Waals surface area contributed by atoms with E-state index in [0.29, 0.717) is 6.54 Å². The lowest BCUT2D eigenvalue weighted by atomic mass is 10.0. The average Bonchev–Trinajstić information content (AvgIpc) is 3.04. The molecule has 0 radical (unpaired) electrons. The number of aromatic nitrogens is 1. The second kappa shape index (κ2) is 10.2. The van der Waals surface area contributed by atoms with Gasteiger partial charge in [0.15, 0.2) is 0 Å². The van der Waals surface area contributed by atoms with Gasteiger partial charge in [-0.3, -0.25) is 10.4 Å². The second-order valence-electron chi connectivity index (χ2n) is 6.57. The quantitative estimate of drug-likeness (QED) is 0.601. The van der Waals surface area contributed by atoms with Gasteiger partial charge in [0.2, 0.25) is 4.80 Å². The molecule has 0 amide bonds. The highest BCUT2D eigenvalue weighted by molar-refractivity contribution is 7.07. The van der Waals surface area contributed by atoms with Gasteiger partial charge in [-0.2, -0.15) is 8.78 Å². The van der Waals surface area contributed by atoms with Gasteiger partial charge in [-0.25, -0.2) is 4.68 Å². The first kappa shape index (κ1) is 20.3. The molecule has 2 aromatic rings. The Hall–Kier alpha value is -2.41. The summed E-state index contributed by atoms with van der Waals surface area (Å²) in [6.45, 7) is 1.44. The molecule has 1 aromatic carbocycles. The Morgan fingerprint density at radius 3 is 2.75 bits per heavy atom. The third-order valence-corrected chi connectivity index (χ3v) is 5.35. The molecule has 28 heavy (non-hydrogen) atoms. The predicted molar refractivity (Wildman–Crippen MR) is 110 cm³/mol. The van der Waals surface area contributed by atoms with Gasteiger partial charge < -0.3 is 4.74 Å². The van der Waals surface area contributed by atoms with Crippen molar-refractivity contribution < 1.29 is 13.5 Å². The molecule has 150 valence electrons. The summed E-state index contributed by atoms with van der Waals surface area (Å²) < 4.78 is 31.2. The summed E-state index contributed by atoms with van der Waals surface area (Å²) in [4.78, 5) is 5.42. The molecule has 1 aliphatic rings. The standard InChI is InChI=1S/C21H25F2N3OS/c1-2-14-24-21-26(25-17-8-6-4-3-5-7-9-17)19(15-28-21)16-10-12-18(13-11-16)27-20(22)23/h2,8,10-13,15,20,25H,1,3-7,9,14H2/b17-8+,24-21?. The van der Waals surface area contributed by atoms with E-state index >= 15 is 0 Å². The molecule has 0 unspecified atom stereocenters. The average molecular weight is 406 g/mol. The number of thiazole rings is 1. The molecule has 0 spiro atoms. The van der Waals surface area contributed by atoms with Crippen molar-refractivity contribution in [2.24, 2.45) is 4.99 Å². The maximum absolute atomic E-state index is 12.4. The molecule has 1 heterocycles. The number of allylic oxidation sites excluding steroid dienone is 2. The number of nitrogens with zero attached hydrogens (tertiary/aromatic N) is 2. The molecule has 7 heteroatoms. The molecule has 0 saturated heterocycles. The van der Waals surface area contributed by atoms with Gasteiger partial charge in [0.25, 0.3) is 0 Å². The van der Waals surface area contributed by atoms with Gasteiger partial charge in [0.05, 0.1) is 12.2 Å². The molecule has 3 rings (SSSR count). The number of alkyl halides is 2. The molecule has 1 aromatic heterocycles. The largest absolute Gasteiger partial charge is 0.435 e. The first-order chi connectivity index (χ1) is 13.7. The highest BCUT2D eigenvalue weighted by atomic mass is 32.1. The first-order valence-corrected chi connectivity index (χ1v) is 10.4. The minimum atomic E-state index is -2.82. The van der Waals surface area contributed by atoms with Crippen LogP contribution in [0.2, 0.25) is 0 Å². The Kier molecular flexibility index (Phi) is 7.42.